The molecule has 0 radical (unpaired) electrons. The fourth-order valence-corrected chi connectivity index (χ4v) is 4.38. The molecular formula is C26H44I2N2O4+2. The summed E-state index contributed by atoms with van der Waals surface area (Å²) in [6.45, 7) is 6.68. The molecule has 2 aliphatic rings. The van der Waals surface area contributed by atoms with Gasteiger partial charge in [0.2, 0.25) is 0 Å². The first kappa shape index (κ1) is 33.4. The Kier molecular flexibility index (Phi) is 18.4. The van der Waals surface area contributed by atoms with Crippen LogP contribution in [0.15, 0.2) is 0 Å². The number of unbranched alkanes of at least 4 members (excludes halogenated alkanes) is 1. The molecule has 0 aromatic rings. The van der Waals surface area contributed by atoms with Gasteiger partial charge in [-0.25, -0.2) is 0 Å². The fraction of sp³-hybridized carbons (Fsp3) is 0.769. The van der Waals surface area contributed by atoms with Gasteiger partial charge in [-0.3, -0.25) is 9.59 Å². The topological polar surface area (TPSA) is 52.6 Å². The average Bonchev–Trinajstić information content (AvgIpc) is 2.77. The van der Waals surface area contributed by atoms with Gasteiger partial charge in [-0.2, -0.15) is 0 Å². The number of hydrogen-bond acceptors (Lipinski definition) is 4. The van der Waals surface area contributed by atoms with Crippen molar-refractivity contribution in [3.05, 3.63) is 0 Å². The van der Waals surface area contributed by atoms with Crippen molar-refractivity contribution >= 4 is 59.9 Å². The second-order valence-electron chi connectivity index (χ2n) is 9.81. The zero-order chi connectivity index (χ0) is 23.1. The molecule has 6 nitrogen and oxygen atoms in total. The van der Waals surface area contributed by atoms with Crippen molar-refractivity contribution in [3.63, 3.8) is 0 Å². The maximum absolute atomic E-state index is 11.8. The van der Waals surface area contributed by atoms with E-state index in [1.54, 1.807) is 0 Å². The van der Waals surface area contributed by atoms with Crippen LogP contribution in [0.1, 0.15) is 64.2 Å². The summed E-state index contributed by atoms with van der Waals surface area (Å²) >= 11 is 0. The molecule has 0 amide bonds. The van der Waals surface area contributed by atoms with Crippen molar-refractivity contribution < 1.29 is 28.0 Å². The summed E-state index contributed by atoms with van der Waals surface area (Å²) in [7, 11) is 4.49. The third-order valence-corrected chi connectivity index (χ3v) is 6.59. The van der Waals surface area contributed by atoms with Crippen molar-refractivity contribution in [3.8, 4) is 23.7 Å². The van der Waals surface area contributed by atoms with Crippen LogP contribution in [-0.2, 0) is 19.1 Å². The predicted octanol–water partition coefficient (Wildman–Crippen LogP) is 4.14. The maximum Gasteiger partial charge on any atom is 0.306 e. The Morgan fingerprint density at radius 2 is 0.971 bits per heavy atom. The average molecular weight is 702 g/mol. The molecule has 0 aromatic heterocycles. The summed E-state index contributed by atoms with van der Waals surface area (Å²) in [6, 6.07) is 0. The van der Waals surface area contributed by atoms with E-state index in [-0.39, 0.29) is 73.1 Å². The zero-order valence-electron chi connectivity index (χ0n) is 21.1. The van der Waals surface area contributed by atoms with Crippen LogP contribution < -0.4 is 0 Å². The number of rotatable bonds is 9. The van der Waals surface area contributed by atoms with Crippen LogP contribution >= 0.6 is 48.0 Å². The van der Waals surface area contributed by atoms with Crippen molar-refractivity contribution in [1.82, 2.24) is 0 Å². The van der Waals surface area contributed by atoms with Crippen LogP contribution in [0.5, 0.6) is 0 Å². The first-order valence-corrected chi connectivity index (χ1v) is 12.3. The van der Waals surface area contributed by atoms with Crippen molar-refractivity contribution in [2.24, 2.45) is 0 Å². The standard InChI is InChI=1S/C26H42N2O4.2HI/c1-27(17-7-3-8-18-27)21-11-13-23-31-25(29)15-5-6-16-26(30)32-24-14-12-22-28(2)19-9-4-10-20-28;;/h3-10,15-24H2,1-2H3;2*1H/q+2;;. The largest absolute Gasteiger partial charge is 0.452 e. The molecule has 0 bridgehead atoms. The van der Waals surface area contributed by atoms with E-state index in [0.717, 1.165) is 22.1 Å². The molecule has 8 heteroatoms. The van der Waals surface area contributed by atoms with Gasteiger partial charge in [-0.1, -0.05) is 11.8 Å². The lowest BCUT2D eigenvalue weighted by atomic mass is 10.1. The van der Waals surface area contributed by atoms with Gasteiger partial charge in [-0.05, 0) is 63.2 Å². The molecule has 194 valence electrons. The molecule has 0 atom stereocenters. The Hall–Kier alpha value is -0.560. The lowest BCUT2D eigenvalue weighted by Crippen LogP contribution is -2.48. The molecule has 2 heterocycles. The smallest absolute Gasteiger partial charge is 0.306 e. The van der Waals surface area contributed by atoms with E-state index in [1.165, 1.54) is 64.7 Å². The van der Waals surface area contributed by atoms with Crippen LogP contribution in [0.25, 0.3) is 0 Å². The zero-order valence-corrected chi connectivity index (χ0v) is 25.7. The van der Waals surface area contributed by atoms with Crippen LogP contribution in [0.2, 0.25) is 0 Å². The summed E-state index contributed by atoms with van der Waals surface area (Å²) in [6.07, 6.45) is 9.56. The Balaban J connectivity index is 0.00000544. The summed E-state index contributed by atoms with van der Waals surface area (Å²) in [5.41, 5.74) is 0. The molecule has 0 saturated carbocycles. The van der Waals surface area contributed by atoms with Crippen molar-refractivity contribution in [2.45, 2.75) is 64.2 Å². The SMILES string of the molecule is C[N+]1(CC#CCOC(=O)CCCCC(=O)OCC#CC[N+]2(C)CCCCC2)CCCCC1.I.I. The van der Waals surface area contributed by atoms with Gasteiger partial charge < -0.3 is 18.4 Å². The molecule has 34 heavy (non-hydrogen) atoms. The highest BCUT2D eigenvalue weighted by atomic mass is 127. The Bertz CT molecular complexity index is 663. The Labute approximate surface area is 241 Å². The van der Waals surface area contributed by atoms with Crippen LogP contribution in [0, 0.1) is 23.7 Å². The molecule has 2 aliphatic heterocycles. The number of likely N-dealkylation sites (tertiary alicyclic amines) is 2. The number of piperidine rings is 2. The molecule has 2 rings (SSSR count). The highest BCUT2D eigenvalue weighted by Gasteiger charge is 2.23. The van der Waals surface area contributed by atoms with E-state index in [2.05, 4.69) is 37.8 Å². The van der Waals surface area contributed by atoms with E-state index in [0.29, 0.717) is 25.7 Å². The maximum atomic E-state index is 11.8. The highest BCUT2D eigenvalue weighted by Crippen LogP contribution is 2.15. The van der Waals surface area contributed by atoms with Gasteiger partial charge in [0.1, 0.15) is 13.1 Å². The highest BCUT2D eigenvalue weighted by molar-refractivity contribution is 14.0. The second-order valence-corrected chi connectivity index (χ2v) is 9.81. The number of nitrogens with zero attached hydrogens (tertiary/aromatic N) is 2. The van der Waals surface area contributed by atoms with Gasteiger partial charge in [0.05, 0.1) is 40.3 Å². The minimum absolute atomic E-state index is 0. The minimum Gasteiger partial charge on any atom is -0.452 e. The lowest BCUT2D eigenvalue weighted by Gasteiger charge is -2.35. The number of ether oxygens (including phenoxy) is 2. The van der Waals surface area contributed by atoms with E-state index in [1.807, 2.05) is 0 Å². The van der Waals surface area contributed by atoms with Crippen LogP contribution in [0.3, 0.4) is 0 Å². The van der Waals surface area contributed by atoms with E-state index >= 15 is 0 Å². The third kappa shape index (κ3) is 14.8. The Morgan fingerprint density at radius 1 is 0.618 bits per heavy atom. The molecule has 0 unspecified atom stereocenters. The molecule has 0 aromatic carbocycles. The van der Waals surface area contributed by atoms with Crippen molar-refractivity contribution in [1.29, 1.82) is 0 Å². The van der Waals surface area contributed by atoms with E-state index in [4.69, 9.17) is 9.47 Å². The molecule has 0 N–H and O–H groups in total. The summed E-state index contributed by atoms with van der Waals surface area (Å²) in [5.74, 6) is 11.7. The Morgan fingerprint density at radius 3 is 1.32 bits per heavy atom. The number of esters is 2. The fourth-order valence-electron chi connectivity index (χ4n) is 4.38. The summed E-state index contributed by atoms with van der Waals surface area (Å²) in [4.78, 5) is 23.6. The molecule has 0 aliphatic carbocycles. The second kappa shape index (κ2) is 18.7. The van der Waals surface area contributed by atoms with E-state index < -0.39 is 0 Å². The van der Waals surface area contributed by atoms with Gasteiger partial charge in [-0.15, -0.1) is 48.0 Å². The first-order valence-electron chi connectivity index (χ1n) is 12.3. The molecule has 0 spiro atoms. The van der Waals surface area contributed by atoms with Gasteiger partial charge >= 0.3 is 11.9 Å². The lowest BCUT2D eigenvalue weighted by molar-refractivity contribution is -0.907. The van der Waals surface area contributed by atoms with Crippen molar-refractivity contribution in [2.75, 3.05) is 66.6 Å². The van der Waals surface area contributed by atoms with Gasteiger partial charge in [0.15, 0.2) is 13.2 Å². The third-order valence-electron chi connectivity index (χ3n) is 6.59. The summed E-state index contributed by atoms with van der Waals surface area (Å²) in [5, 5.41) is 0. The number of hydrogen-bond donors (Lipinski definition) is 0. The van der Waals surface area contributed by atoms with Gasteiger partial charge in [0.25, 0.3) is 0 Å². The predicted molar refractivity (Wildman–Crippen MR) is 156 cm³/mol. The number of carbonyl (C=O) groups excluding carboxylic acids is 2. The number of halogens is 2. The van der Waals surface area contributed by atoms with Crippen LogP contribution in [0.4, 0.5) is 0 Å². The molecule has 2 saturated heterocycles. The quantitative estimate of drug-likeness (QED) is 0.119. The summed E-state index contributed by atoms with van der Waals surface area (Å²) < 4.78 is 12.3. The normalized spacial score (nSPS) is 17.8. The van der Waals surface area contributed by atoms with Crippen LogP contribution in [-0.4, -0.2) is 87.5 Å². The van der Waals surface area contributed by atoms with E-state index in [9.17, 15) is 9.59 Å². The number of carbonyl (C=O) groups is 2. The van der Waals surface area contributed by atoms with Gasteiger partial charge in [0, 0.05) is 12.8 Å². The minimum atomic E-state index is -0.258. The number of quaternary nitrogens is 2. The molecule has 2 fully saturated rings. The first-order chi connectivity index (χ1) is 15.4. The monoisotopic (exact) mass is 702 g/mol. The molecular weight excluding hydrogens is 658 g/mol.